The summed E-state index contributed by atoms with van der Waals surface area (Å²) < 4.78 is 0. The van der Waals surface area contributed by atoms with Crippen molar-refractivity contribution in [3.05, 3.63) is 17.5 Å². The second-order valence-corrected chi connectivity index (χ2v) is 1.26. The van der Waals surface area contributed by atoms with E-state index in [1.807, 2.05) is 0 Å². The van der Waals surface area contributed by atoms with E-state index < -0.39 is 0 Å². The van der Waals surface area contributed by atoms with Crippen molar-refractivity contribution in [1.82, 2.24) is 0 Å². The monoisotopic (exact) mass is 109 g/mol. The number of rotatable bonds is 0. The molecule has 0 aromatic heterocycles. The zero-order chi connectivity index (χ0) is 4.28. The summed E-state index contributed by atoms with van der Waals surface area (Å²) >= 11 is 10.1. The molecule has 0 amide bonds. The van der Waals surface area contributed by atoms with Crippen LogP contribution in [0.4, 0.5) is 0 Å². The smallest absolute Gasteiger partial charge is 0.0297 e. The summed E-state index contributed by atoms with van der Waals surface area (Å²) in [5, 5.41) is 0.367. The minimum Gasteiger partial charge on any atom is -0.0917 e. The van der Waals surface area contributed by atoms with Crippen LogP contribution in [0.2, 0.25) is 0 Å². The van der Waals surface area contributed by atoms with Gasteiger partial charge in [0.2, 0.25) is 0 Å². The summed E-state index contributed by atoms with van der Waals surface area (Å²) in [6.07, 6.45) is 0. The van der Waals surface area contributed by atoms with E-state index in [9.17, 15) is 0 Å². The Morgan fingerprint density at radius 3 is 2.00 bits per heavy atom. The summed E-state index contributed by atoms with van der Waals surface area (Å²) in [5.41, 5.74) is 1.21. The molecule has 0 aliphatic rings. The average molecular weight is 110 g/mol. The third-order valence-electron chi connectivity index (χ3n) is 0.118. The number of halogens is 2. The van der Waals surface area contributed by atoms with Gasteiger partial charge in [-0.15, -0.1) is 0 Å². The summed E-state index contributed by atoms with van der Waals surface area (Å²) in [5.74, 6) is 0. The van der Waals surface area contributed by atoms with Crippen LogP contribution in [-0.2, 0) is 0 Å². The number of hydrogen-bond acceptors (Lipinski definition) is 0. The fourth-order valence-electron chi connectivity index (χ4n) is 0. The summed E-state index contributed by atoms with van der Waals surface area (Å²) in [6.45, 7) is 3.25. The van der Waals surface area contributed by atoms with Crippen LogP contribution in [0.5, 0.6) is 0 Å². The van der Waals surface area contributed by atoms with Crippen LogP contribution in [0.3, 0.4) is 0 Å². The molecule has 0 N–H and O–H groups in total. The van der Waals surface area contributed by atoms with Crippen LogP contribution in [-0.4, -0.2) is 0 Å². The van der Waals surface area contributed by atoms with Crippen molar-refractivity contribution in [1.29, 1.82) is 0 Å². The van der Waals surface area contributed by atoms with Crippen LogP contribution in [0, 0.1) is 6.92 Å². The van der Waals surface area contributed by atoms with Crippen molar-refractivity contribution in [3.63, 3.8) is 0 Å². The fourth-order valence-corrected chi connectivity index (χ4v) is 0. The van der Waals surface area contributed by atoms with Crippen molar-refractivity contribution in [2.45, 2.75) is 0 Å². The predicted molar refractivity (Wildman–Crippen MR) is 25.1 cm³/mol. The van der Waals surface area contributed by atoms with Gasteiger partial charge in [-0.25, -0.2) is 0 Å². The molecule has 0 unspecified atom stereocenters. The van der Waals surface area contributed by atoms with Crippen molar-refractivity contribution in [2.75, 3.05) is 0 Å². The molecule has 0 aliphatic carbocycles. The predicted octanol–water partition coefficient (Wildman–Crippen LogP) is 2.14. The van der Waals surface area contributed by atoms with Crippen LogP contribution < -0.4 is 0 Å². The van der Waals surface area contributed by atoms with Gasteiger partial charge in [0.05, 0.1) is 0 Å². The maximum absolute atomic E-state index is 5.08. The van der Waals surface area contributed by atoms with E-state index in [1.165, 1.54) is 5.54 Å². The zero-order valence-corrected chi connectivity index (χ0v) is 4.05. The van der Waals surface area contributed by atoms with E-state index >= 15 is 0 Å². The second kappa shape index (κ2) is 2.55. The number of allylic oxidation sites excluding steroid dienone is 1. The van der Waals surface area contributed by atoms with Gasteiger partial charge in [0.25, 0.3) is 0 Å². The average Bonchev–Trinajstić information content (AvgIpc) is 1.38. The molecule has 5 heavy (non-hydrogen) atoms. The largest absolute Gasteiger partial charge is 0.0917 e. The van der Waals surface area contributed by atoms with Gasteiger partial charge in [-0.2, -0.15) is 0 Å². The Morgan fingerprint density at radius 1 is 1.80 bits per heavy atom. The lowest BCUT2D eigenvalue weighted by Crippen LogP contribution is -1.43. The van der Waals surface area contributed by atoms with Gasteiger partial charge >= 0.3 is 0 Å². The molecule has 0 saturated heterocycles. The van der Waals surface area contributed by atoms with Gasteiger partial charge in [0.1, 0.15) is 0 Å². The normalized spacial score (nSPS) is 12.2. The van der Waals surface area contributed by atoms with E-state index in [1.54, 1.807) is 0 Å². The molecule has 0 aromatic carbocycles. The van der Waals surface area contributed by atoms with E-state index in [0.717, 1.165) is 0 Å². The first kappa shape index (κ1) is 5.32. The minimum absolute atomic E-state index is 0.367. The van der Waals surface area contributed by atoms with Gasteiger partial charge in [-0.3, -0.25) is 0 Å². The van der Waals surface area contributed by atoms with E-state index in [0.29, 0.717) is 5.03 Å². The molecule has 0 spiro atoms. The quantitative estimate of drug-likeness (QED) is 0.448. The van der Waals surface area contributed by atoms with Crippen LogP contribution >= 0.6 is 23.2 Å². The molecule has 0 saturated carbocycles. The Morgan fingerprint density at radius 2 is 2.00 bits per heavy atom. The first-order chi connectivity index (χ1) is 2.27. The van der Waals surface area contributed by atoms with E-state index in [2.05, 4.69) is 6.92 Å². The minimum atomic E-state index is 0.367. The molecular formula is C3H3Cl2. The van der Waals surface area contributed by atoms with Gasteiger partial charge in [-0.05, 0) is 6.92 Å². The molecule has 2 heteroatoms. The SMILES string of the molecule is [CH2]/C(Cl)=C\Cl. The van der Waals surface area contributed by atoms with Crippen molar-refractivity contribution >= 4 is 23.2 Å². The molecule has 0 nitrogen and oxygen atoms in total. The standard InChI is InChI=1S/C3H3Cl2/c1-3(5)2-4/h2H,1H2/b3-2+. The van der Waals surface area contributed by atoms with E-state index in [-0.39, 0.29) is 0 Å². The summed E-state index contributed by atoms with van der Waals surface area (Å²) in [7, 11) is 0. The highest BCUT2D eigenvalue weighted by Gasteiger charge is 1.66. The highest BCUT2D eigenvalue weighted by atomic mass is 35.5. The maximum atomic E-state index is 5.08. The van der Waals surface area contributed by atoms with Crippen molar-refractivity contribution < 1.29 is 0 Å². The molecule has 0 aliphatic heterocycles. The molecule has 1 radical (unpaired) electrons. The summed E-state index contributed by atoms with van der Waals surface area (Å²) in [6, 6.07) is 0. The van der Waals surface area contributed by atoms with Crippen LogP contribution in [0.1, 0.15) is 0 Å². The molecular weight excluding hydrogens is 107 g/mol. The maximum Gasteiger partial charge on any atom is 0.0297 e. The molecule has 0 rings (SSSR count). The molecule has 0 bridgehead atoms. The van der Waals surface area contributed by atoms with Crippen molar-refractivity contribution in [2.24, 2.45) is 0 Å². The van der Waals surface area contributed by atoms with Crippen molar-refractivity contribution in [3.8, 4) is 0 Å². The second-order valence-electron chi connectivity index (χ2n) is 0.556. The Balaban J connectivity index is 3.14. The van der Waals surface area contributed by atoms with Gasteiger partial charge in [0.15, 0.2) is 0 Å². The van der Waals surface area contributed by atoms with Crippen LogP contribution in [0.25, 0.3) is 0 Å². The summed E-state index contributed by atoms with van der Waals surface area (Å²) in [4.78, 5) is 0. The first-order valence-corrected chi connectivity index (χ1v) is 1.86. The Hall–Kier alpha value is 0.320. The lowest BCUT2D eigenvalue weighted by molar-refractivity contribution is 2.02. The highest BCUT2D eigenvalue weighted by Crippen LogP contribution is 1.96. The molecule has 0 atom stereocenters. The Labute approximate surface area is 41.4 Å². The number of hydrogen-bond donors (Lipinski definition) is 0. The molecule has 0 aromatic rings. The topological polar surface area (TPSA) is 0 Å². The molecule has 0 heterocycles. The van der Waals surface area contributed by atoms with Crippen LogP contribution in [0.15, 0.2) is 10.6 Å². The fraction of sp³-hybridized carbons (Fsp3) is 0. The lowest BCUT2D eigenvalue weighted by Gasteiger charge is -1.67. The van der Waals surface area contributed by atoms with Gasteiger partial charge in [0, 0.05) is 10.6 Å². The zero-order valence-electron chi connectivity index (χ0n) is 2.54. The lowest BCUT2D eigenvalue weighted by atomic mass is 10.8. The molecule has 29 valence electrons. The highest BCUT2D eigenvalue weighted by molar-refractivity contribution is 6.36. The molecule has 0 fully saturated rings. The first-order valence-electron chi connectivity index (χ1n) is 1.05. The van der Waals surface area contributed by atoms with E-state index in [4.69, 9.17) is 23.2 Å². The Kier molecular flexibility index (Phi) is 2.71. The third-order valence-corrected chi connectivity index (χ3v) is 0.603. The van der Waals surface area contributed by atoms with Gasteiger partial charge in [-0.1, -0.05) is 23.2 Å². The third kappa shape index (κ3) is 4.32. The van der Waals surface area contributed by atoms with Gasteiger partial charge < -0.3 is 0 Å². The Bertz CT molecular complexity index is 42.9.